The molecule has 1 aliphatic heterocycles. The van der Waals surface area contributed by atoms with E-state index >= 15 is 0 Å². The Kier molecular flexibility index (Phi) is 4.44. The summed E-state index contributed by atoms with van der Waals surface area (Å²) in [5.41, 5.74) is 6.34. The summed E-state index contributed by atoms with van der Waals surface area (Å²) in [6, 6.07) is 1.99. The van der Waals surface area contributed by atoms with Gasteiger partial charge < -0.3 is 11.1 Å². The van der Waals surface area contributed by atoms with Crippen LogP contribution in [0.4, 0.5) is 11.8 Å². The number of hydrogen-bond donors (Lipinski definition) is 2. The summed E-state index contributed by atoms with van der Waals surface area (Å²) in [6.07, 6.45) is 10.5. The van der Waals surface area contributed by atoms with E-state index in [1.54, 1.807) is 0 Å². The molecule has 6 heteroatoms. The lowest BCUT2D eigenvalue weighted by Crippen LogP contribution is -2.53. The highest BCUT2D eigenvalue weighted by molar-refractivity contribution is 5.49. The molecule has 1 aromatic heterocycles. The molecule has 22 heavy (non-hydrogen) atoms. The SMILES string of the molecule is N#Cc1cnc(NCC2(N3CCCCC3)CCCC2)nc1N. The molecule has 0 atom stereocenters. The number of aromatic nitrogens is 2. The minimum Gasteiger partial charge on any atom is -0.382 e. The van der Waals surface area contributed by atoms with E-state index in [0.29, 0.717) is 11.5 Å². The predicted molar refractivity (Wildman–Crippen MR) is 86.3 cm³/mol. The third-order valence-corrected chi connectivity index (χ3v) is 5.08. The molecule has 1 aliphatic carbocycles. The third kappa shape index (κ3) is 3.00. The Balaban J connectivity index is 1.69. The minimum absolute atomic E-state index is 0.243. The molecule has 1 saturated carbocycles. The van der Waals surface area contributed by atoms with Crippen LogP contribution in [0.2, 0.25) is 0 Å². The van der Waals surface area contributed by atoms with Gasteiger partial charge in [0.15, 0.2) is 0 Å². The standard InChI is InChI=1S/C16H24N6/c17-10-13-11-19-15(21-14(13)18)20-12-16(6-2-3-7-16)22-8-4-1-5-9-22/h11H,1-9,12H2,(H3,18,19,20,21). The van der Waals surface area contributed by atoms with E-state index in [0.717, 1.165) is 6.54 Å². The number of nitrogens with one attached hydrogen (secondary N) is 1. The molecule has 3 rings (SSSR count). The van der Waals surface area contributed by atoms with Crippen LogP contribution in [-0.4, -0.2) is 40.0 Å². The molecule has 0 amide bonds. The maximum Gasteiger partial charge on any atom is 0.224 e. The van der Waals surface area contributed by atoms with E-state index in [2.05, 4.69) is 20.2 Å². The fourth-order valence-corrected chi connectivity index (χ4v) is 3.82. The topological polar surface area (TPSA) is 90.9 Å². The van der Waals surface area contributed by atoms with Gasteiger partial charge in [0.1, 0.15) is 17.5 Å². The average Bonchev–Trinajstić information content (AvgIpc) is 3.04. The largest absolute Gasteiger partial charge is 0.382 e. The Labute approximate surface area is 131 Å². The number of rotatable bonds is 4. The van der Waals surface area contributed by atoms with Crippen molar-refractivity contribution in [2.24, 2.45) is 0 Å². The molecule has 3 N–H and O–H groups in total. The van der Waals surface area contributed by atoms with Crippen LogP contribution in [0.15, 0.2) is 6.20 Å². The van der Waals surface area contributed by atoms with E-state index in [-0.39, 0.29) is 11.4 Å². The fraction of sp³-hybridized carbons (Fsp3) is 0.688. The Morgan fingerprint density at radius 3 is 2.59 bits per heavy atom. The quantitative estimate of drug-likeness (QED) is 0.885. The summed E-state index contributed by atoms with van der Waals surface area (Å²) in [4.78, 5) is 11.1. The second kappa shape index (κ2) is 6.49. The van der Waals surface area contributed by atoms with E-state index in [1.165, 1.54) is 64.2 Å². The molecule has 118 valence electrons. The van der Waals surface area contributed by atoms with Gasteiger partial charge in [0.2, 0.25) is 5.95 Å². The molecule has 1 aromatic rings. The molecular formula is C16H24N6. The number of nitrogens with zero attached hydrogens (tertiary/aromatic N) is 4. The highest BCUT2D eigenvalue weighted by atomic mass is 15.2. The van der Waals surface area contributed by atoms with Crippen molar-refractivity contribution in [3.8, 4) is 6.07 Å². The van der Waals surface area contributed by atoms with Gasteiger partial charge in [0.05, 0.1) is 6.20 Å². The third-order valence-electron chi connectivity index (χ3n) is 5.08. The van der Waals surface area contributed by atoms with Crippen LogP contribution in [0.5, 0.6) is 0 Å². The Morgan fingerprint density at radius 2 is 1.95 bits per heavy atom. The highest BCUT2D eigenvalue weighted by Crippen LogP contribution is 2.37. The lowest BCUT2D eigenvalue weighted by molar-refractivity contribution is 0.0807. The smallest absolute Gasteiger partial charge is 0.224 e. The van der Waals surface area contributed by atoms with Crippen molar-refractivity contribution in [3.63, 3.8) is 0 Å². The normalized spacial score (nSPS) is 21.4. The van der Waals surface area contributed by atoms with Crippen molar-refractivity contribution < 1.29 is 0 Å². The maximum absolute atomic E-state index is 8.89. The second-order valence-corrected chi connectivity index (χ2v) is 6.44. The molecule has 2 aliphatic rings. The lowest BCUT2D eigenvalue weighted by Gasteiger charge is -2.43. The molecule has 0 bridgehead atoms. The summed E-state index contributed by atoms with van der Waals surface area (Å²) in [7, 11) is 0. The van der Waals surface area contributed by atoms with Crippen LogP contribution in [0, 0.1) is 11.3 Å². The minimum atomic E-state index is 0.243. The molecule has 0 aromatic carbocycles. The van der Waals surface area contributed by atoms with E-state index in [1.807, 2.05) is 6.07 Å². The van der Waals surface area contributed by atoms with E-state index < -0.39 is 0 Å². The van der Waals surface area contributed by atoms with Crippen LogP contribution < -0.4 is 11.1 Å². The Morgan fingerprint density at radius 1 is 1.23 bits per heavy atom. The number of nitriles is 1. The van der Waals surface area contributed by atoms with E-state index in [9.17, 15) is 0 Å². The first kappa shape index (κ1) is 15.0. The van der Waals surface area contributed by atoms with Gasteiger partial charge >= 0.3 is 0 Å². The second-order valence-electron chi connectivity index (χ2n) is 6.44. The molecule has 0 radical (unpaired) electrons. The van der Waals surface area contributed by atoms with Gasteiger partial charge in [-0.2, -0.15) is 10.2 Å². The number of piperidine rings is 1. The van der Waals surface area contributed by atoms with Crippen LogP contribution in [0.1, 0.15) is 50.5 Å². The maximum atomic E-state index is 8.89. The summed E-state index contributed by atoms with van der Waals surface area (Å²) in [5.74, 6) is 0.776. The fourth-order valence-electron chi connectivity index (χ4n) is 3.82. The van der Waals surface area contributed by atoms with Crippen LogP contribution in [0.25, 0.3) is 0 Å². The number of anilines is 2. The van der Waals surface area contributed by atoms with Gasteiger partial charge in [-0.15, -0.1) is 0 Å². The van der Waals surface area contributed by atoms with Gasteiger partial charge in [-0.05, 0) is 38.8 Å². The molecule has 0 spiro atoms. The lowest BCUT2D eigenvalue weighted by atomic mass is 9.92. The number of likely N-dealkylation sites (tertiary alicyclic amines) is 1. The Bertz CT molecular complexity index is 552. The van der Waals surface area contributed by atoms with Gasteiger partial charge in [0.25, 0.3) is 0 Å². The molecule has 0 unspecified atom stereocenters. The zero-order valence-corrected chi connectivity index (χ0v) is 13.0. The first-order chi connectivity index (χ1) is 10.7. The number of nitrogens with two attached hydrogens (primary N) is 1. The summed E-state index contributed by atoms with van der Waals surface area (Å²) in [6.45, 7) is 3.27. The van der Waals surface area contributed by atoms with Gasteiger partial charge in [-0.3, -0.25) is 4.90 Å². The highest BCUT2D eigenvalue weighted by Gasteiger charge is 2.39. The van der Waals surface area contributed by atoms with Crippen LogP contribution >= 0.6 is 0 Å². The first-order valence-corrected chi connectivity index (χ1v) is 8.25. The molecular weight excluding hydrogens is 276 g/mol. The predicted octanol–water partition coefficient (Wildman–Crippen LogP) is 2.14. The molecule has 2 fully saturated rings. The molecule has 1 saturated heterocycles. The summed E-state index contributed by atoms with van der Waals surface area (Å²) >= 11 is 0. The molecule has 2 heterocycles. The van der Waals surface area contributed by atoms with Crippen molar-refractivity contribution >= 4 is 11.8 Å². The van der Waals surface area contributed by atoms with Crippen molar-refractivity contribution in [3.05, 3.63) is 11.8 Å². The van der Waals surface area contributed by atoms with Crippen molar-refractivity contribution in [1.82, 2.24) is 14.9 Å². The monoisotopic (exact) mass is 300 g/mol. The van der Waals surface area contributed by atoms with Gasteiger partial charge in [-0.25, -0.2) is 4.98 Å². The first-order valence-electron chi connectivity index (χ1n) is 8.25. The summed E-state index contributed by atoms with van der Waals surface area (Å²) in [5, 5.41) is 12.2. The number of hydrogen-bond acceptors (Lipinski definition) is 6. The Hall–Kier alpha value is -1.87. The van der Waals surface area contributed by atoms with Crippen molar-refractivity contribution in [2.45, 2.75) is 50.5 Å². The zero-order chi connectivity index (χ0) is 15.4. The van der Waals surface area contributed by atoms with Crippen LogP contribution in [0.3, 0.4) is 0 Å². The van der Waals surface area contributed by atoms with Gasteiger partial charge in [0, 0.05) is 12.1 Å². The van der Waals surface area contributed by atoms with E-state index in [4.69, 9.17) is 11.0 Å². The van der Waals surface area contributed by atoms with Gasteiger partial charge in [-0.1, -0.05) is 19.3 Å². The number of nitrogen functional groups attached to an aromatic ring is 1. The summed E-state index contributed by atoms with van der Waals surface area (Å²) < 4.78 is 0. The van der Waals surface area contributed by atoms with Crippen LogP contribution in [-0.2, 0) is 0 Å². The van der Waals surface area contributed by atoms with Crippen molar-refractivity contribution in [2.75, 3.05) is 30.7 Å². The van der Waals surface area contributed by atoms with Crippen molar-refractivity contribution in [1.29, 1.82) is 5.26 Å². The molecule has 6 nitrogen and oxygen atoms in total. The zero-order valence-electron chi connectivity index (χ0n) is 13.0. The average molecular weight is 300 g/mol.